The molecule has 2 heteroatoms. The summed E-state index contributed by atoms with van der Waals surface area (Å²) in [6.07, 6.45) is 0.928. The van der Waals surface area contributed by atoms with Crippen LogP contribution >= 0.6 is 0 Å². The molecule has 0 fully saturated rings. The van der Waals surface area contributed by atoms with Gasteiger partial charge in [-0.1, -0.05) is 64.4 Å². The summed E-state index contributed by atoms with van der Waals surface area (Å²) in [7, 11) is 0. The Balaban J connectivity index is 2.57. The highest BCUT2D eigenvalue weighted by atomic mass is 19.1. The highest BCUT2D eigenvalue weighted by molar-refractivity contribution is 5.72. The summed E-state index contributed by atoms with van der Waals surface area (Å²) in [6.45, 7) is 12.8. The molecule has 2 aromatic carbocycles. The predicted molar refractivity (Wildman–Crippen MR) is 95.3 cm³/mol. The molecule has 0 amide bonds. The van der Waals surface area contributed by atoms with Crippen LogP contribution in [0.2, 0.25) is 0 Å². The first-order valence-electron chi connectivity index (χ1n) is 8.10. The molecule has 124 valence electrons. The highest BCUT2D eigenvalue weighted by Crippen LogP contribution is 2.41. The van der Waals surface area contributed by atoms with E-state index < -0.39 is 5.82 Å². The molecule has 0 aliphatic heterocycles. The number of phenols is 1. The zero-order valence-electron chi connectivity index (χ0n) is 15.0. The molecule has 0 aliphatic rings. The van der Waals surface area contributed by atoms with E-state index in [9.17, 15) is 9.50 Å². The summed E-state index contributed by atoms with van der Waals surface area (Å²) in [4.78, 5) is 0. The van der Waals surface area contributed by atoms with Gasteiger partial charge in [0, 0.05) is 5.56 Å². The van der Waals surface area contributed by atoms with E-state index in [-0.39, 0.29) is 16.6 Å². The molecular weight excluding hydrogens is 287 g/mol. The molecule has 0 atom stereocenters. The monoisotopic (exact) mass is 314 g/mol. The van der Waals surface area contributed by atoms with Gasteiger partial charge in [-0.25, -0.2) is 4.39 Å². The van der Waals surface area contributed by atoms with Gasteiger partial charge in [0.25, 0.3) is 0 Å². The Kier molecular flexibility index (Phi) is 4.57. The molecule has 0 unspecified atom stereocenters. The van der Waals surface area contributed by atoms with Crippen LogP contribution in [0, 0.1) is 18.2 Å². The lowest BCUT2D eigenvalue weighted by molar-refractivity contribution is 0.283. The minimum atomic E-state index is -0.555. The van der Waals surface area contributed by atoms with Gasteiger partial charge in [-0.05, 0) is 47.4 Å². The molecule has 1 N–H and O–H groups in total. The number of benzene rings is 2. The van der Waals surface area contributed by atoms with Crippen molar-refractivity contribution in [3.05, 3.63) is 53.3 Å². The van der Waals surface area contributed by atoms with E-state index in [1.165, 1.54) is 6.07 Å². The third kappa shape index (κ3) is 4.13. The maximum atomic E-state index is 14.3. The van der Waals surface area contributed by atoms with Crippen molar-refractivity contribution in [2.24, 2.45) is 5.41 Å². The number of phenolic OH excluding ortho intramolecular Hbond substituents is 1. The third-order valence-corrected chi connectivity index (χ3v) is 4.15. The van der Waals surface area contributed by atoms with Crippen LogP contribution in [-0.2, 0) is 5.41 Å². The minimum absolute atomic E-state index is 0.140. The average Bonchev–Trinajstić information content (AvgIpc) is 2.38. The second-order valence-electron chi connectivity index (χ2n) is 8.35. The number of aromatic hydroxyl groups is 1. The quantitative estimate of drug-likeness (QED) is 0.713. The standard InChI is InChI=1S/C21H27FO/c1-14-8-7-9-15(10-14)17-11-16(12-18(22)19(17)23)21(5,6)13-20(2,3)4/h7-12,23H,13H2,1-6H3. The van der Waals surface area contributed by atoms with E-state index in [2.05, 4.69) is 34.6 Å². The topological polar surface area (TPSA) is 20.2 Å². The van der Waals surface area contributed by atoms with Gasteiger partial charge in [0.05, 0.1) is 0 Å². The normalized spacial score (nSPS) is 12.5. The van der Waals surface area contributed by atoms with E-state index in [4.69, 9.17) is 0 Å². The smallest absolute Gasteiger partial charge is 0.165 e. The van der Waals surface area contributed by atoms with Gasteiger partial charge in [-0.2, -0.15) is 0 Å². The zero-order chi connectivity index (χ0) is 17.4. The number of hydrogen-bond donors (Lipinski definition) is 1. The maximum Gasteiger partial charge on any atom is 0.165 e. The maximum absolute atomic E-state index is 14.3. The molecule has 2 rings (SSSR count). The molecule has 0 radical (unpaired) electrons. The van der Waals surface area contributed by atoms with Gasteiger partial charge in [-0.3, -0.25) is 0 Å². The largest absolute Gasteiger partial charge is 0.504 e. The first-order valence-corrected chi connectivity index (χ1v) is 8.10. The fourth-order valence-corrected chi connectivity index (χ4v) is 3.45. The van der Waals surface area contributed by atoms with Crippen molar-refractivity contribution in [2.75, 3.05) is 0 Å². The highest BCUT2D eigenvalue weighted by Gasteiger charge is 2.29. The molecule has 0 saturated carbocycles. The second kappa shape index (κ2) is 5.99. The van der Waals surface area contributed by atoms with Crippen LogP contribution in [0.3, 0.4) is 0 Å². The molecule has 0 bridgehead atoms. The first-order chi connectivity index (χ1) is 10.5. The van der Waals surface area contributed by atoms with Gasteiger partial charge in [0.15, 0.2) is 11.6 Å². The van der Waals surface area contributed by atoms with Gasteiger partial charge in [0.2, 0.25) is 0 Å². The van der Waals surface area contributed by atoms with E-state index in [1.54, 1.807) is 0 Å². The fraction of sp³-hybridized carbons (Fsp3) is 0.429. The molecule has 1 nitrogen and oxygen atoms in total. The summed E-state index contributed by atoms with van der Waals surface area (Å²) in [5, 5.41) is 10.2. The molecule has 0 aromatic heterocycles. The summed E-state index contributed by atoms with van der Waals surface area (Å²) >= 11 is 0. The average molecular weight is 314 g/mol. The van der Waals surface area contributed by atoms with Crippen molar-refractivity contribution < 1.29 is 9.50 Å². The molecule has 2 aromatic rings. The van der Waals surface area contributed by atoms with E-state index in [1.807, 2.05) is 37.3 Å². The van der Waals surface area contributed by atoms with E-state index in [0.717, 1.165) is 23.1 Å². The number of rotatable bonds is 3. The predicted octanol–water partition coefficient (Wildman–Crippen LogP) is 6.22. The van der Waals surface area contributed by atoms with Gasteiger partial charge >= 0.3 is 0 Å². The van der Waals surface area contributed by atoms with Crippen LogP contribution < -0.4 is 0 Å². The Morgan fingerprint density at radius 1 is 1.00 bits per heavy atom. The van der Waals surface area contributed by atoms with Crippen molar-refractivity contribution in [2.45, 2.75) is 53.4 Å². The summed E-state index contributed by atoms with van der Waals surface area (Å²) in [5.41, 5.74) is 3.37. The van der Waals surface area contributed by atoms with Crippen LogP contribution in [0.15, 0.2) is 36.4 Å². The Hall–Kier alpha value is -1.83. The Labute approximate surface area is 139 Å². The Bertz CT molecular complexity index is 708. The van der Waals surface area contributed by atoms with Crippen molar-refractivity contribution in [3.63, 3.8) is 0 Å². The van der Waals surface area contributed by atoms with Gasteiger partial charge < -0.3 is 5.11 Å². The number of aryl methyl sites for hydroxylation is 1. The van der Waals surface area contributed by atoms with Gasteiger partial charge in [0.1, 0.15) is 0 Å². The number of halogens is 1. The lowest BCUT2D eigenvalue weighted by atomic mass is 9.72. The van der Waals surface area contributed by atoms with Crippen molar-refractivity contribution >= 4 is 0 Å². The van der Waals surface area contributed by atoms with E-state index >= 15 is 0 Å². The van der Waals surface area contributed by atoms with Crippen LogP contribution in [0.25, 0.3) is 11.1 Å². The van der Waals surface area contributed by atoms with Crippen LogP contribution in [-0.4, -0.2) is 5.11 Å². The Morgan fingerprint density at radius 3 is 2.22 bits per heavy atom. The fourth-order valence-electron chi connectivity index (χ4n) is 3.45. The van der Waals surface area contributed by atoms with Crippen molar-refractivity contribution in [3.8, 4) is 16.9 Å². The molecule has 0 spiro atoms. The first kappa shape index (κ1) is 17.5. The SMILES string of the molecule is Cc1cccc(-c2cc(C(C)(C)CC(C)(C)C)cc(F)c2O)c1. The van der Waals surface area contributed by atoms with E-state index in [0.29, 0.717) is 5.56 Å². The summed E-state index contributed by atoms with van der Waals surface area (Å²) in [6, 6.07) is 11.2. The van der Waals surface area contributed by atoms with Crippen molar-refractivity contribution in [1.82, 2.24) is 0 Å². The molecule has 0 saturated heterocycles. The van der Waals surface area contributed by atoms with Crippen molar-refractivity contribution in [1.29, 1.82) is 0 Å². The number of hydrogen-bond acceptors (Lipinski definition) is 1. The molecular formula is C21H27FO. The third-order valence-electron chi connectivity index (χ3n) is 4.15. The summed E-state index contributed by atoms with van der Waals surface area (Å²) in [5.74, 6) is -0.827. The summed E-state index contributed by atoms with van der Waals surface area (Å²) < 4.78 is 14.3. The lowest BCUT2D eigenvalue weighted by Gasteiger charge is -2.33. The zero-order valence-corrected chi connectivity index (χ0v) is 15.0. The molecule has 0 aliphatic carbocycles. The van der Waals surface area contributed by atoms with Crippen LogP contribution in [0.4, 0.5) is 4.39 Å². The molecule has 0 heterocycles. The molecule has 23 heavy (non-hydrogen) atoms. The Morgan fingerprint density at radius 2 is 1.65 bits per heavy atom. The minimum Gasteiger partial charge on any atom is -0.504 e. The van der Waals surface area contributed by atoms with Crippen LogP contribution in [0.1, 0.15) is 52.2 Å². The second-order valence-corrected chi connectivity index (χ2v) is 8.35. The van der Waals surface area contributed by atoms with Crippen LogP contribution in [0.5, 0.6) is 5.75 Å². The lowest BCUT2D eigenvalue weighted by Crippen LogP contribution is -2.25. The van der Waals surface area contributed by atoms with Gasteiger partial charge in [-0.15, -0.1) is 0 Å².